The summed E-state index contributed by atoms with van der Waals surface area (Å²) in [6, 6.07) is -1.46. The molecular weight excluding hydrogens is 151 g/mol. The molecule has 0 aliphatic carbocycles. The van der Waals surface area contributed by atoms with Crippen LogP contribution in [0.2, 0.25) is 0 Å². The van der Waals surface area contributed by atoms with Gasteiger partial charge in [-0.1, -0.05) is 11.8 Å². The Bertz CT molecular complexity index is 130. The normalized spacial score (nSPS) is 27.2. The van der Waals surface area contributed by atoms with E-state index in [9.17, 15) is 13.2 Å². The fourth-order valence-corrected chi connectivity index (χ4v) is 1.25. The van der Waals surface area contributed by atoms with Gasteiger partial charge in [-0.15, -0.1) is 0 Å². The Hall–Kier alpha value is -0.190. The summed E-state index contributed by atoms with van der Waals surface area (Å²) < 4.78 is 34.9. The number of thioether (sulfide) groups is 1. The molecule has 0 saturated carbocycles. The topological polar surface area (TPSA) is 14.1 Å². The second-order valence-electron chi connectivity index (χ2n) is 1.65. The Morgan fingerprint density at radius 2 is 2.22 bits per heavy atom. The van der Waals surface area contributed by atoms with Crippen molar-refractivity contribution in [3.8, 4) is 0 Å². The van der Waals surface area contributed by atoms with Crippen molar-refractivity contribution in [1.82, 2.24) is 4.99 Å². The summed E-state index contributed by atoms with van der Waals surface area (Å²) in [7, 11) is 0. The van der Waals surface area contributed by atoms with Gasteiger partial charge in [-0.3, -0.25) is 0 Å². The zero-order valence-electron chi connectivity index (χ0n) is 4.35. The van der Waals surface area contributed by atoms with Gasteiger partial charge in [-0.2, -0.15) is 13.2 Å². The second kappa shape index (κ2) is 2.21. The Morgan fingerprint density at radius 1 is 1.56 bits per heavy atom. The van der Waals surface area contributed by atoms with E-state index in [4.69, 9.17) is 0 Å². The van der Waals surface area contributed by atoms with Gasteiger partial charge in [0, 0.05) is 4.99 Å². The molecule has 0 saturated heterocycles. The first kappa shape index (κ1) is 6.92. The minimum atomic E-state index is -4.14. The third-order valence-corrected chi connectivity index (χ3v) is 1.73. The van der Waals surface area contributed by atoms with Crippen molar-refractivity contribution >= 4 is 17.3 Å². The highest BCUT2D eigenvalue weighted by atomic mass is 32.2. The second-order valence-corrected chi connectivity index (χ2v) is 2.52. The highest BCUT2D eigenvalue weighted by Gasteiger charge is 2.49. The van der Waals surface area contributed by atoms with Crippen LogP contribution >= 0.6 is 11.8 Å². The third kappa shape index (κ3) is 1.61. The van der Waals surface area contributed by atoms with Gasteiger partial charge in [0.05, 0.1) is 5.75 Å². The van der Waals surface area contributed by atoms with Gasteiger partial charge < -0.3 is 0 Å². The summed E-state index contributed by atoms with van der Waals surface area (Å²) >= 11 is 1.10. The molecule has 1 radical (unpaired) electrons. The van der Waals surface area contributed by atoms with E-state index in [-0.39, 0.29) is 5.75 Å². The van der Waals surface area contributed by atoms with Gasteiger partial charge in [0.2, 0.25) is 0 Å². The first-order chi connectivity index (χ1) is 4.11. The monoisotopic (exact) mass is 155 g/mol. The molecule has 0 fully saturated rings. The molecule has 0 amide bonds. The van der Waals surface area contributed by atoms with Gasteiger partial charge in [0.15, 0.2) is 0 Å². The molecule has 1 aliphatic heterocycles. The maximum Gasteiger partial charge on any atom is 0.459 e. The van der Waals surface area contributed by atoms with E-state index < -0.39 is 12.2 Å². The van der Waals surface area contributed by atoms with Crippen LogP contribution in [0.15, 0.2) is 0 Å². The molecule has 0 N–H and O–H groups in total. The molecule has 0 aromatic carbocycles. The highest BCUT2D eigenvalue weighted by molar-refractivity contribution is 8.12. The number of aliphatic imine (C=N–C) groups is 1. The number of hydrogen-bond donors (Lipinski definition) is 0. The molecule has 1 heterocycles. The molecule has 1 unspecified atom stereocenters. The zero-order chi connectivity index (χ0) is 6.91. The van der Waals surface area contributed by atoms with E-state index in [1.807, 2.05) is 0 Å². The van der Waals surface area contributed by atoms with E-state index in [2.05, 4.69) is 4.99 Å². The molecule has 0 aromatic heterocycles. The van der Waals surface area contributed by atoms with E-state index in [1.165, 1.54) is 5.55 Å². The zero-order valence-corrected chi connectivity index (χ0v) is 5.17. The van der Waals surface area contributed by atoms with Crippen LogP contribution in [0.1, 0.15) is 0 Å². The maximum absolute atomic E-state index is 11.6. The molecule has 1 atom stereocenters. The van der Waals surface area contributed by atoms with Crippen LogP contribution in [0.25, 0.3) is 0 Å². The lowest BCUT2D eigenvalue weighted by molar-refractivity contribution is -0.144. The average Bonchev–Trinajstić information content (AvgIpc) is 2.08. The quantitative estimate of drug-likeness (QED) is 0.509. The molecule has 9 heavy (non-hydrogen) atoms. The predicted molar refractivity (Wildman–Crippen MR) is 30.5 cm³/mol. The molecule has 0 spiro atoms. The van der Waals surface area contributed by atoms with Crippen molar-refractivity contribution in [3.05, 3.63) is 0 Å². The van der Waals surface area contributed by atoms with E-state index in [0.717, 1.165) is 11.8 Å². The third-order valence-electron chi connectivity index (χ3n) is 0.947. The number of halogens is 3. The Balaban J connectivity index is 2.53. The molecule has 51 valence electrons. The standard InChI is InChI=1S/C4H4F3NS/c5-4(6,7)3-1-9-2-8-3/h2-3H,1H2/q+1. The van der Waals surface area contributed by atoms with Gasteiger partial charge in [-0.25, -0.2) is 0 Å². The van der Waals surface area contributed by atoms with Gasteiger partial charge in [0.25, 0.3) is 5.55 Å². The van der Waals surface area contributed by atoms with Crippen LogP contribution in [0, 0.1) is 0 Å². The first-order valence-electron chi connectivity index (χ1n) is 2.30. The SMILES string of the molecule is FC(F)(F)C1CSC=[N+]1. The van der Waals surface area contributed by atoms with Crippen molar-refractivity contribution in [2.75, 3.05) is 5.75 Å². The minimum Gasteiger partial charge on any atom is -0.164 e. The lowest BCUT2D eigenvalue weighted by Gasteiger charge is -2.00. The molecule has 0 aromatic rings. The van der Waals surface area contributed by atoms with Crippen LogP contribution in [-0.2, 0) is 0 Å². The number of rotatable bonds is 0. The van der Waals surface area contributed by atoms with Gasteiger partial charge >= 0.3 is 12.2 Å². The minimum absolute atomic E-state index is 0.0451. The lowest BCUT2D eigenvalue weighted by atomic mass is 10.3. The van der Waals surface area contributed by atoms with Crippen molar-refractivity contribution in [3.63, 3.8) is 0 Å². The summed E-state index contributed by atoms with van der Waals surface area (Å²) in [6.07, 6.45) is -4.14. The lowest BCUT2D eigenvalue weighted by Crippen LogP contribution is -2.32. The average molecular weight is 155 g/mol. The van der Waals surface area contributed by atoms with Gasteiger partial charge in [0.1, 0.15) is 0 Å². The summed E-state index contributed by atoms with van der Waals surface area (Å²) in [5.41, 5.74) is 1.25. The number of hydrogen-bond acceptors (Lipinski definition) is 2. The molecular formula is C4H4F3NS+. The summed E-state index contributed by atoms with van der Waals surface area (Å²) in [6.45, 7) is 0. The Labute approximate surface area is 54.3 Å². The van der Waals surface area contributed by atoms with Crippen molar-refractivity contribution in [1.29, 1.82) is 0 Å². The van der Waals surface area contributed by atoms with E-state index in [1.54, 1.807) is 0 Å². The smallest absolute Gasteiger partial charge is 0.164 e. The van der Waals surface area contributed by atoms with Crippen LogP contribution < -0.4 is 4.99 Å². The van der Waals surface area contributed by atoms with Crippen molar-refractivity contribution in [2.24, 2.45) is 0 Å². The molecule has 5 heteroatoms. The van der Waals surface area contributed by atoms with Crippen LogP contribution in [0.3, 0.4) is 0 Å². The van der Waals surface area contributed by atoms with Crippen LogP contribution in [0.5, 0.6) is 0 Å². The first-order valence-corrected chi connectivity index (χ1v) is 3.35. The number of alkyl halides is 3. The molecule has 1 nitrogen and oxygen atoms in total. The summed E-state index contributed by atoms with van der Waals surface area (Å²) in [5, 5.41) is 0. The summed E-state index contributed by atoms with van der Waals surface area (Å²) in [5.74, 6) is 0.0451. The van der Waals surface area contributed by atoms with Crippen LogP contribution in [0.4, 0.5) is 13.2 Å². The predicted octanol–water partition coefficient (Wildman–Crippen LogP) is 1.03. The van der Waals surface area contributed by atoms with Crippen molar-refractivity contribution < 1.29 is 13.2 Å². The van der Waals surface area contributed by atoms with Gasteiger partial charge in [-0.05, 0) is 0 Å². The molecule has 1 rings (SSSR count). The fourth-order valence-electron chi connectivity index (χ4n) is 0.473. The Morgan fingerprint density at radius 3 is 2.44 bits per heavy atom. The summed E-state index contributed by atoms with van der Waals surface area (Å²) in [4.78, 5) is 3.22. The van der Waals surface area contributed by atoms with E-state index in [0.29, 0.717) is 0 Å². The molecule has 1 aliphatic rings. The largest absolute Gasteiger partial charge is 0.459 e. The van der Waals surface area contributed by atoms with Crippen LogP contribution in [-0.4, -0.2) is 23.5 Å². The van der Waals surface area contributed by atoms with Crippen molar-refractivity contribution in [2.45, 2.75) is 12.2 Å². The highest BCUT2D eigenvalue weighted by Crippen LogP contribution is 2.24. The fraction of sp³-hybridized carbons (Fsp3) is 0.750. The molecule has 0 bridgehead atoms. The maximum atomic E-state index is 11.6. The Kier molecular flexibility index (Phi) is 1.70. The number of nitrogens with zero attached hydrogens (tertiary/aromatic N) is 1. The van der Waals surface area contributed by atoms with E-state index >= 15 is 0 Å².